The molecule has 0 radical (unpaired) electrons. The first-order valence-electron chi connectivity index (χ1n) is 9.35. The molecule has 1 atom stereocenters. The number of ether oxygens (including phenoxy) is 1. The third-order valence-corrected chi connectivity index (χ3v) is 4.07. The average Bonchev–Trinajstić information content (AvgIpc) is 3.08. The van der Waals surface area contributed by atoms with Crippen molar-refractivity contribution in [3.05, 3.63) is 65.7 Å². The number of guanidine groups is 1. The number of nitrogens with one attached hydrogen (secondary N) is 3. The number of rotatable bonds is 7. The number of hydrazone groups is 1. The van der Waals surface area contributed by atoms with Gasteiger partial charge in [-0.3, -0.25) is 14.9 Å². The molecule has 0 saturated carbocycles. The number of amides is 2. The van der Waals surface area contributed by atoms with E-state index in [0.29, 0.717) is 11.3 Å². The van der Waals surface area contributed by atoms with Gasteiger partial charge in [-0.1, -0.05) is 30.3 Å². The Balaban J connectivity index is 1.51. The number of carbonyl (C=O) groups is 3. The van der Waals surface area contributed by atoms with E-state index in [0.717, 1.165) is 5.56 Å². The van der Waals surface area contributed by atoms with Crippen molar-refractivity contribution in [2.45, 2.75) is 19.4 Å². The van der Waals surface area contributed by atoms with Crippen molar-refractivity contribution in [3.63, 3.8) is 0 Å². The maximum Gasteiger partial charge on any atom is 0.338 e. The van der Waals surface area contributed by atoms with Crippen LogP contribution in [0.5, 0.6) is 0 Å². The Kier molecular flexibility index (Phi) is 6.88. The summed E-state index contributed by atoms with van der Waals surface area (Å²) < 4.78 is 4.91. The Morgan fingerprint density at radius 3 is 2.60 bits per heavy atom. The number of nitrogens with zero attached hydrogens (tertiary/aromatic N) is 2. The van der Waals surface area contributed by atoms with Crippen LogP contribution in [0.15, 0.2) is 64.7 Å². The fourth-order valence-corrected chi connectivity index (χ4v) is 2.64. The van der Waals surface area contributed by atoms with Gasteiger partial charge in [0.25, 0.3) is 5.91 Å². The second kappa shape index (κ2) is 9.97. The van der Waals surface area contributed by atoms with Crippen LogP contribution in [-0.2, 0) is 14.3 Å². The summed E-state index contributed by atoms with van der Waals surface area (Å²) >= 11 is 0. The summed E-state index contributed by atoms with van der Waals surface area (Å²) in [4.78, 5) is 40.1. The Hall–Kier alpha value is -4.01. The lowest BCUT2D eigenvalue weighted by Crippen LogP contribution is -2.35. The van der Waals surface area contributed by atoms with Gasteiger partial charge in [0, 0.05) is 5.69 Å². The third-order valence-electron chi connectivity index (χ3n) is 4.07. The number of benzene rings is 2. The molecule has 3 rings (SSSR count). The van der Waals surface area contributed by atoms with E-state index >= 15 is 0 Å². The minimum atomic E-state index is -0.849. The number of esters is 1. The summed E-state index contributed by atoms with van der Waals surface area (Å²) in [7, 11) is 0. The van der Waals surface area contributed by atoms with E-state index in [4.69, 9.17) is 4.74 Å². The lowest BCUT2D eigenvalue weighted by atomic mass is 10.2. The first-order chi connectivity index (χ1) is 14.5. The molecule has 0 saturated heterocycles. The van der Waals surface area contributed by atoms with Gasteiger partial charge in [-0.15, -0.1) is 0 Å². The average molecular weight is 407 g/mol. The highest BCUT2D eigenvalue weighted by atomic mass is 16.5. The Bertz CT molecular complexity index is 971. The normalized spacial score (nSPS) is 15.4. The number of anilines is 1. The molecule has 1 aliphatic rings. The van der Waals surface area contributed by atoms with Crippen LogP contribution in [0.3, 0.4) is 0 Å². The second-order valence-electron chi connectivity index (χ2n) is 6.31. The largest absolute Gasteiger partial charge is 0.462 e. The molecule has 0 fully saturated rings. The predicted octanol–water partition coefficient (Wildman–Crippen LogP) is 1.67. The van der Waals surface area contributed by atoms with E-state index in [1.165, 1.54) is 0 Å². The van der Waals surface area contributed by atoms with Crippen LogP contribution in [-0.4, -0.2) is 42.6 Å². The number of carbonyl (C=O) groups excluding carboxylic acids is 3. The van der Waals surface area contributed by atoms with Gasteiger partial charge in [-0.05, 0) is 36.8 Å². The Labute approximate surface area is 173 Å². The minimum absolute atomic E-state index is 0.126. The maximum absolute atomic E-state index is 12.2. The zero-order chi connectivity index (χ0) is 21.3. The highest BCUT2D eigenvalue weighted by Crippen LogP contribution is 2.12. The molecule has 0 spiro atoms. The second-order valence-corrected chi connectivity index (χ2v) is 6.31. The quantitative estimate of drug-likeness (QED) is 0.366. The molecule has 0 aromatic heterocycles. The van der Waals surface area contributed by atoms with Crippen molar-refractivity contribution in [1.29, 1.82) is 0 Å². The van der Waals surface area contributed by atoms with Crippen LogP contribution >= 0.6 is 0 Å². The minimum Gasteiger partial charge on any atom is -0.462 e. The van der Waals surface area contributed by atoms with Crippen molar-refractivity contribution in [1.82, 2.24) is 10.7 Å². The maximum atomic E-state index is 12.2. The SMILES string of the molecule is CCOC(=O)c1ccc(NC(=O)C[C@H]2N=C(N/N=C/c3ccccc3)NC2=O)cc1. The molecule has 3 N–H and O–H groups in total. The summed E-state index contributed by atoms with van der Waals surface area (Å²) in [5, 5.41) is 9.24. The molecule has 154 valence electrons. The first kappa shape index (κ1) is 20.7. The molecular weight excluding hydrogens is 386 g/mol. The molecule has 9 heteroatoms. The van der Waals surface area contributed by atoms with Crippen LogP contribution in [0.1, 0.15) is 29.3 Å². The number of aliphatic imine (C=N–C) groups is 1. The number of hydrogen-bond acceptors (Lipinski definition) is 7. The van der Waals surface area contributed by atoms with Gasteiger partial charge >= 0.3 is 5.97 Å². The first-order valence-corrected chi connectivity index (χ1v) is 9.35. The molecule has 30 heavy (non-hydrogen) atoms. The van der Waals surface area contributed by atoms with Gasteiger partial charge < -0.3 is 10.1 Å². The lowest BCUT2D eigenvalue weighted by Gasteiger charge is -2.08. The summed E-state index contributed by atoms with van der Waals surface area (Å²) in [5.41, 5.74) is 4.43. The van der Waals surface area contributed by atoms with E-state index in [2.05, 4.69) is 26.2 Å². The highest BCUT2D eigenvalue weighted by Gasteiger charge is 2.28. The van der Waals surface area contributed by atoms with E-state index in [1.54, 1.807) is 37.4 Å². The fraction of sp³-hybridized carbons (Fsp3) is 0.190. The van der Waals surface area contributed by atoms with Gasteiger partial charge in [0.2, 0.25) is 11.9 Å². The van der Waals surface area contributed by atoms with Crippen LogP contribution in [0, 0.1) is 0 Å². The van der Waals surface area contributed by atoms with Gasteiger partial charge in [0.15, 0.2) is 0 Å². The molecule has 2 aromatic rings. The van der Waals surface area contributed by atoms with Crippen molar-refractivity contribution >= 4 is 35.6 Å². The van der Waals surface area contributed by atoms with Gasteiger partial charge in [-0.2, -0.15) is 5.10 Å². The molecular formula is C21H21N5O4. The van der Waals surface area contributed by atoms with Crippen molar-refractivity contribution in [2.75, 3.05) is 11.9 Å². The van der Waals surface area contributed by atoms with Crippen LogP contribution in [0.4, 0.5) is 5.69 Å². The molecule has 1 heterocycles. The Morgan fingerprint density at radius 1 is 1.17 bits per heavy atom. The summed E-state index contributed by atoms with van der Waals surface area (Å²) in [5.74, 6) is -1.01. The van der Waals surface area contributed by atoms with Crippen LogP contribution in [0.25, 0.3) is 0 Å². The lowest BCUT2D eigenvalue weighted by molar-refractivity contribution is -0.123. The van der Waals surface area contributed by atoms with E-state index in [1.807, 2.05) is 30.3 Å². The summed E-state index contributed by atoms with van der Waals surface area (Å²) in [6.45, 7) is 2.01. The molecule has 2 amide bonds. The molecule has 2 aromatic carbocycles. The summed E-state index contributed by atoms with van der Waals surface area (Å²) in [6, 6.07) is 14.9. The topological polar surface area (TPSA) is 121 Å². The molecule has 0 aliphatic carbocycles. The van der Waals surface area contributed by atoms with Gasteiger partial charge in [-0.25, -0.2) is 15.2 Å². The zero-order valence-electron chi connectivity index (χ0n) is 16.3. The van der Waals surface area contributed by atoms with Crippen molar-refractivity contribution in [2.24, 2.45) is 10.1 Å². The molecule has 1 aliphatic heterocycles. The van der Waals surface area contributed by atoms with E-state index < -0.39 is 12.0 Å². The summed E-state index contributed by atoms with van der Waals surface area (Å²) in [6.07, 6.45) is 1.47. The van der Waals surface area contributed by atoms with Gasteiger partial charge in [0.1, 0.15) is 6.04 Å². The Morgan fingerprint density at radius 2 is 1.90 bits per heavy atom. The number of hydrogen-bond donors (Lipinski definition) is 3. The smallest absolute Gasteiger partial charge is 0.338 e. The van der Waals surface area contributed by atoms with E-state index in [9.17, 15) is 14.4 Å². The van der Waals surface area contributed by atoms with Crippen LogP contribution in [0.2, 0.25) is 0 Å². The predicted molar refractivity (Wildman–Crippen MR) is 112 cm³/mol. The zero-order valence-corrected chi connectivity index (χ0v) is 16.3. The van der Waals surface area contributed by atoms with Crippen LogP contribution < -0.4 is 16.1 Å². The highest BCUT2D eigenvalue weighted by molar-refractivity contribution is 6.07. The fourth-order valence-electron chi connectivity index (χ4n) is 2.64. The molecule has 9 nitrogen and oxygen atoms in total. The van der Waals surface area contributed by atoms with Crippen molar-refractivity contribution in [3.8, 4) is 0 Å². The van der Waals surface area contributed by atoms with E-state index in [-0.39, 0.29) is 30.8 Å². The van der Waals surface area contributed by atoms with Gasteiger partial charge in [0.05, 0.1) is 24.8 Å². The standard InChI is InChI=1S/C21H21N5O4/c1-2-30-20(29)15-8-10-16(11-9-15)23-18(27)12-17-19(28)25-21(24-17)26-22-13-14-6-4-3-5-7-14/h3-11,13,17H,2,12H2,1H3,(H,23,27)(H2,24,25,26,28)/b22-13+/t17-/m1/s1. The molecule has 0 unspecified atom stereocenters. The third kappa shape index (κ3) is 5.74. The van der Waals surface area contributed by atoms with Crippen molar-refractivity contribution < 1.29 is 19.1 Å². The monoisotopic (exact) mass is 407 g/mol. The molecule has 0 bridgehead atoms.